The van der Waals surface area contributed by atoms with Gasteiger partial charge in [-0.15, -0.1) is 0 Å². The monoisotopic (exact) mass is 362 g/mol. The third-order valence-electron chi connectivity index (χ3n) is 5.04. The van der Waals surface area contributed by atoms with E-state index in [1.54, 1.807) is 0 Å². The predicted molar refractivity (Wildman–Crippen MR) is 109 cm³/mol. The molecule has 1 atom stereocenters. The standard InChI is InChI=1S/C23H26N2O2/c1-15-9-10-19-17(14-24-20(19)11-15)13-18-12-16-7-5-6-8-21(16)25(18)22(26)27-23(2,3)4/h5-11,14,18,24H,12-13H2,1-4H3. The van der Waals surface area contributed by atoms with E-state index in [0.29, 0.717) is 0 Å². The van der Waals surface area contributed by atoms with Gasteiger partial charge in [-0.3, -0.25) is 4.90 Å². The largest absolute Gasteiger partial charge is 0.443 e. The fourth-order valence-electron chi connectivity index (χ4n) is 3.91. The first kappa shape index (κ1) is 17.7. The summed E-state index contributed by atoms with van der Waals surface area (Å²) in [7, 11) is 0. The van der Waals surface area contributed by atoms with Crippen molar-refractivity contribution in [2.45, 2.75) is 52.2 Å². The number of aryl methyl sites for hydroxylation is 1. The molecule has 1 aliphatic heterocycles. The van der Waals surface area contributed by atoms with E-state index >= 15 is 0 Å². The summed E-state index contributed by atoms with van der Waals surface area (Å²) in [4.78, 5) is 18.2. The fourth-order valence-corrected chi connectivity index (χ4v) is 3.91. The number of fused-ring (bicyclic) bond motifs is 2. The van der Waals surface area contributed by atoms with Gasteiger partial charge in [-0.25, -0.2) is 4.79 Å². The van der Waals surface area contributed by atoms with Gasteiger partial charge in [0.05, 0.1) is 5.69 Å². The van der Waals surface area contributed by atoms with Crippen molar-refractivity contribution in [3.05, 3.63) is 65.4 Å². The maximum atomic E-state index is 13.0. The first-order valence-corrected chi connectivity index (χ1v) is 9.48. The normalized spacial score (nSPS) is 16.6. The Morgan fingerprint density at radius 2 is 2.00 bits per heavy atom. The quantitative estimate of drug-likeness (QED) is 0.665. The minimum atomic E-state index is -0.516. The molecule has 1 amide bonds. The predicted octanol–water partition coefficient (Wildman–Crippen LogP) is 5.39. The van der Waals surface area contributed by atoms with Crippen molar-refractivity contribution in [1.82, 2.24) is 4.98 Å². The zero-order valence-corrected chi connectivity index (χ0v) is 16.4. The Bertz CT molecular complexity index is 997. The summed E-state index contributed by atoms with van der Waals surface area (Å²) in [6.07, 6.45) is 3.43. The van der Waals surface area contributed by atoms with Gasteiger partial charge in [-0.2, -0.15) is 0 Å². The van der Waals surface area contributed by atoms with Gasteiger partial charge < -0.3 is 9.72 Å². The van der Waals surface area contributed by atoms with Crippen LogP contribution in [0.1, 0.15) is 37.5 Å². The zero-order valence-electron chi connectivity index (χ0n) is 16.4. The molecule has 0 saturated heterocycles. The molecule has 4 nitrogen and oxygen atoms in total. The highest BCUT2D eigenvalue weighted by molar-refractivity contribution is 5.92. The number of aromatic amines is 1. The van der Waals surface area contributed by atoms with Crippen LogP contribution >= 0.6 is 0 Å². The van der Waals surface area contributed by atoms with Gasteiger partial charge in [0.1, 0.15) is 5.60 Å². The minimum absolute atomic E-state index is 0.0533. The Labute approximate surface area is 160 Å². The number of nitrogens with zero attached hydrogens (tertiary/aromatic N) is 1. The third kappa shape index (κ3) is 3.44. The van der Waals surface area contributed by atoms with Gasteiger partial charge in [0.25, 0.3) is 0 Å². The number of H-pyrrole nitrogens is 1. The highest BCUT2D eigenvalue weighted by atomic mass is 16.6. The fraction of sp³-hybridized carbons (Fsp3) is 0.348. The van der Waals surface area contributed by atoms with Crippen LogP contribution < -0.4 is 4.90 Å². The number of nitrogens with one attached hydrogen (secondary N) is 1. The summed E-state index contributed by atoms with van der Waals surface area (Å²) >= 11 is 0. The topological polar surface area (TPSA) is 45.3 Å². The number of amides is 1. The Hall–Kier alpha value is -2.75. The van der Waals surface area contributed by atoms with Crippen LogP contribution in [0.3, 0.4) is 0 Å². The molecule has 0 spiro atoms. The summed E-state index contributed by atoms with van der Waals surface area (Å²) in [6, 6.07) is 14.6. The summed E-state index contributed by atoms with van der Waals surface area (Å²) in [6.45, 7) is 7.81. The molecule has 2 heterocycles. The van der Waals surface area contributed by atoms with Crippen molar-refractivity contribution < 1.29 is 9.53 Å². The molecular weight excluding hydrogens is 336 g/mol. The number of hydrogen-bond acceptors (Lipinski definition) is 2. The van der Waals surface area contributed by atoms with Crippen molar-refractivity contribution in [3.63, 3.8) is 0 Å². The van der Waals surface area contributed by atoms with Crippen LogP contribution in [-0.2, 0) is 17.6 Å². The van der Waals surface area contributed by atoms with Gasteiger partial charge >= 0.3 is 6.09 Å². The van der Waals surface area contributed by atoms with Crippen molar-refractivity contribution in [1.29, 1.82) is 0 Å². The highest BCUT2D eigenvalue weighted by Gasteiger charge is 2.36. The van der Waals surface area contributed by atoms with Crippen molar-refractivity contribution in [3.8, 4) is 0 Å². The summed E-state index contributed by atoms with van der Waals surface area (Å²) in [5.41, 5.74) is 5.26. The van der Waals surface area contributed by atoms with E-state index < -0.39 is 5.60 Å². The lowest BCUT2D eigenvalue weighted by molar-refractivity contribution is 0.0570. The molecule has 1 aromatic heterocycles. The number of carbonyl (C=O) groups is 1. The number of anilines is 1. The molecule has 27 heavy (non-hydrogen) atoms. The summed E-state index contributed by atoms with van der Waals surface area (Å²) in [5, 5.41) is 1.22. The third-order valence-corrected chi connectivity index (χ3v) is 5.04. The van der Waals surface area contributed by atoms with Crippen molar-refractivity contribution >= 4 is 22.7 Å². The number of ether oxygens (including phenoxy) is 1. The molecule has 1 unspecified atom stereocenters. The zero-order chi connectivity index (χ0) is 19.2. The molecule has 4 heteroatoms. The molecule has 0 bridgehead atoms. The Kier molecular flexibility index (Phi) is 4.22. The van der Waals surface area contributed by atoms with E-state index in [4.69, 9.17) is 4.74 Å². The molecule has 3 aromatic rings. The molecule has 1 aliphatic rings. The van der Waals surface area contributed by atoms with E-state index in [2.05, 4.69) is 42.4 Å². The van der Waals surface area contributed by atoms with Crippen LogP contribution in [0.2, 0.25) is 0 Å². The van der Waals surface area contributed by atoms with Crippen molar-refractivity contribution in [2.24, 2.45) is 0 Å². The highest BCUT2D eigenvalue weighted by Crippen LogP contribution is 2.35. The average molecular weight is 362 g/mol. The molecule has 140 valence electrons. The number of benzene rings is 2. The second kappa shape index (κ2) is 6.45. The number of carbonyl (C=O) groups excluding carboxylic acids is 1. The Morgan fingerprint density at radius 3 is 2.78 bits per heavy atom. The molecular formula is C23H26N2O2. The van der Waals surface area contributed by atoms with Crippen LogP contribution in [0, 0.1) is 6.92 Å². The molecule has 0 saturated carbocycles. The summed E-state index contributed by atoms with van der Waals surface area (Å²) in [5.74, 6) is 0. The van der Waals surface area contributed by atoms with Gasteiger partial charge in [-0.1, -0.05) is 30.3 Å². The van der Waals surface area contributed by atoms with Crippen LogP contribution in [0.5, 0.6) is 0 Å². The SMILES string of the molecule is Cc1ccc2c(CC3Cc4ccccc4N3C(=O)OC(C)(C)C)c[nH]c2c1. The molecule has 0 aliphatic carbocycles. The lowest BCUT2D eigenvalue weighted by Gasteiger charge is -2.29. The number of hydrogen-bond donors (Lipinski definition) is 1. The van der Waals surface area contributed by atoms with Crippen molar-refractivity contribution in [2.75, 3.05) is 4.90 Å². The minimum Gasteiger partial charge on any atom is -0.443 e. The van der Waals surface area contributed by atoms with Crippen LogP contribution in [0.4, 0.5) is 10.5 Å². The first-order valence-electron chi connectivity index (χ1n) is 9.48. The second-order valence-corrected chi connectivity index (χ2v) is 8.40. The number of rotatable bonds is 2. The molecule has 0 radical (unpaired) electrons. The lowest BCUT2D eigenvalue weighted by Crippen LogP contribution is -2.42. The van der Waals surface area contributed by atoms with E-state index in [-0.39, 0.29) is 12.1 Å². The van der Waals surface area contributed by atoms with Crippen LogP contribution in [0.25, 0.3) is 10.9 Å². The van der Waals surface area contributed by atoms with Gasteiger partial charge in [0.15, 0.2) is 0 Å². The van der Waals surface area contributed by atoms with E-state index in [1.165, 1.54) is 22.1 Å². The lowest BCUT2D eigenvalue weighted by atomic mass is 10.0. The Balaban J connectivity index is 1.67. The first-order chi connectivity index (χ1) is 12.8. The maximum Gasteiger partial charge on any atom is 0.415 e. The number of aromatic nitrogens is 1. The van der Waals surface area contributed by atoms with Crippen LogP contribution in [0.15, 0.2) is 48.7 Å². The van der Waals surface area contributed by atoms with E-state index in [0.717, 1.165) is 24.0 Å². The molecule has 1 N–H and O–H groups in total. The maximum absolute atomic E-state index is 13.0. The van der Waals surface area contributed by atoms with Gasteiger partial charge in [-0.05, 0) is 69.4 Å². The summed E-state index contributed by atoms with van der Waals surface area (Å²) < 4.78 is 5.71. The molecule has 2 aromatic carbocycles. The average Bonchev–Trinajstić information content (AvgIpc) is 3.14. The molecule has 0 fully saturated rings. The Morgan fingerprint density at radius 1 is 1.22 bits per heavy atom. The second-order valence-electron chi connectivity index (χ2n) is 8.40. The van der Waals surface area contributed by atoms with Gasteiger partial charge in [0, 0.05) is 23.1 Å². The number of para-hydroxylation sites is 1. The van der Waals surface area contributed by atoms with E-state index in [9.17, 15) is 4.79 Å². The van der Waals surface area contributed by atoms with Crippen LogP contribution in [-0.4, -0.2) is 22.7 Å². The van der Waals surface area contributed by atoms with E-state index in [1.807, 2.05) is 43.9 Å². The van der Waals surface area contributed by atoms with Gasteiger partial charge in [0.2, 0.25) is 0 Å². The molecule has 4 rings (SSSR count). The smallest absolute Gasteiger partial charge is 0.415 e.